The van der Waals surface area contributed by atoms with Gasteiger partial charge in [-0.2, -0.15) is 0 Å². The summed E-state index contributed by atoms with van der Waals surface area (Å²) in [6.07, 6.45) is 0. The molecule has 4 nitrogen and oxygen atoms in total. The number of aryl methyl sites for hydroxylation is 1. The van der Waals surface area contributed by atoms with E-state index in [1.807, 2.05) is 24.3 Å². The van der Waals surface area contributed by atoms with Gasteiger partial charge in [0.2, 0.25) is 0 Å². The topological polar surface area (TPSA) is 52.6 Å². The molecule has 0 atom stereocenters. The third-order valence-corrected chi connectivity index (χ3v) is 5.20. The van der Waals surface area contributed by atoms with Gasteiger partial charge in [-0.25, -0.2) is 9.59 Å². The van der Waals surface area contributed by atoms with Gasteiger partial charge in [-0.3, -0.25) is 0 Å². The van der Waals surface area contributed by atoms with Crippen LogP contribution < -0.4 is 4.74 Å². The monoisotopic (exact) mass is 372 g/mol. The van der Waals surface area contributed by atoms with Gasteiger partial charge in [0.15, 0.2) is 0 Å². The van der Waals surface area contributed by atoms with E-state index in [0.717, 1.165) is 0 Å². The molecular formula is C24H20O4. The minimum atomic E-state index is -0.638. The van der Waals surface area contributed by atoms with Gasteiger partial charge in [0.25, 0.3) is 0 Å². The first-order valence-electron chi connectivity index (χ1n) is 9.11. The number of fused-ring (bicyclic) bond motifs is 1. The molecule has 0 amide bonds. The molecule has 140 valence electrons. The maximum absolute atomic E-state index is 11.7. The number of hydrogen-bond donors (Lipinski definition) is 0. The maximum atomic E-state index is 11.7. The molecule has 4 heteroatoms. The fraction of sp³-hybridized carbons (Fsp3) is 0.167. The van der Waals surface area contributed by atoms with E-state index in [9.17, 15) is 9.59 Å². The van der Waals surface area contributed by atoms with E-state index in [1.165, 1.54) is 22.8 Å². The van der Waals surface area contributed by atoms with Crippen molar-refractivity contribution in [2.24, 2.45) is 0 Å². The molecule has 0 unspecified atom stereocenters. The van der Waals surface area contributed by atoms with Crippen LogP contribution in [0.3, 0.4) is 0 Å². The van der Waals surface area contributed by atoms with Crippen LogP contribution in [0.1, 0.15) is 51.3 Å². The molecule has 1 heterocycles. The Morgan fingerprint density at radius 1 is 0.714 bits per heavy atom. The third-order valence-electron chi connectivity index (χ3n) is 5.20. The minimum Gasteiger partial charge on any atom is -0.457 e. The zero-order chi connectivity index (χ0) is 19.9. The Morgan fingerprint density at radius 3 is 1.89 bits per heavy atom. The number of carbonyl (C=O) groups is 2. The zero-order valence-electron chi connectivity index (χ0n) is 16.0. The minimum absolute atomic E-state index is 0.135. The summed E-state index contributed by atoms with van der Waals surface area (Å²) in [5, 5.41) is 0. The Hall–Kier alpha value is -3.40. The van der Waals surface area contributed by atoms with Gasteiger partial charge in [-0.05, 0) is 48.4 Å². The second kappa shape index (κ2) is 6.64. The first-order valence-corrected chi connectivity index (χ1v) is 9.11. The molecular weight excluding hydrogens is 352 g/mol. The lowest BCUT2D eigenvalue weighted by atomic mass is 9.78. The summed E-state index contributed by atoms with van der Waals surface area (Å²) in [5.41, 5.74) is 4.03. The lowest BCUT2D eigenvalue weighted by Crippen LogP contribution is -2.18. The van der Waals surface area contributed by atoms with Crippen LogP contribution >= 0.6 is 0 Å². The van der Waals surface area contributed by atoms with Crippen molar-refractivity contribution in [1.29, 1.82) is 0 Å². The first-order chi connectivity index (χ1) is 13.3. The van der Waals surface area contributed by atoms with Gasteiger partial charge in [0, 0.05) is 5.41 Å². The molecule has 3 aromatic rings. The number of esters is 2. The summed E-state index contributed by atoms with van der Waals surface area (Å²) >= 11 is 0. The molecule has 0 saturated heterocycles. The number of ether oxygens (including phenoxy) is 2. The van der Waals surface area contributed by atoms with E-state index in [4.69, 9.17) is 4.74 Å². The van der Waals surface area contributed by atoms with E-state index in [2.05, 4.69) is 49.8 Å². The Balaban J connectivity index is 1.56. The highest BCUT2D eigenvalue weighted by Crippen LogP contribution is 2.34. The molecule has 3 aromatic carbocycles. The molecule has 4 rings (SSSR count). The second-order valence-corrected chi connectivity index (χ2v) is 7.50. The number of carbonyl (C=O) groups excluding carboxylic acids is 2. The quantitative estimate of drug-likeness (QED) is 0.453. The summed E-state index contributed by atoms with van der Waals surface area (Å²) in [4.78, 5) is 23.2. The van der Waals surface area contributed by atoms with E-state index in [0.29, 0.717) is 11.5 Å². The molecule has 1 aliphatic heterocycles. The molecule has 1 aliphatic rings. The third kappa shape index (κ3) is 3.18. The van der Waals surface area contributed by atoms with Gasteiger partial charge in [0.1, 0.15) is 11.5 Å². The summed E-state index contributed by atoms with van der Waals surface area (Å²) in [5.74, 6) is -0.119. The van der Waals surface area contributed by atoms with Crippen molar-refractivity contribution in [3.05, 3.63) is 94.5 Å². The normalized spacial score (nSPS) is 13.2. The molecule has 0 radical (unpaired) electrons. The van der Waals surface area contributed by atoms with Gasteiger partial charge in [-0.15, -0.1) is 0 Å². The van der Waals surface area contributed by atoms with Crippen LogP contribution in [0.15, 0.2) is 66.7 Å². The average Bonchev–Trinajstić information content (AvgIpc) is 2.96. The van der Waals surface area contributed by atoms with E-state index < -0.39 is 11.9 Å². The Morgan fingerprint density at radius 2 is 1.25 bits per heavy atom. The van der Waals surface area contributed by atoms with Crippen molar-refractivity contribution in [1.82, 2.24) is 0 Å². The van der Waals surface area contributed by atoms with Crippen LogP contribution in [0.4, 0.5) is 0 Å². The van der Waals surface area contributed by atoms with Crippen LogP contribution in [0, 0.1) is 6.92 Å². The first kappa shape index (κ1) is 18.0. The van der Waals surface area contributed by atoms with Crippen molar-refractivity contribution in [3.63, 3.8) is 0 Å². The summed E-state index contributed by atoms with van der Waals surface area (Å²) < 4.78 is 10.5. The highest BCUT2D eigenvalue weighted by molar-refractivity contribution is 6.14. The zero-order valence-corrected chi connectivity index (χ0v) is 16.0. The van der Waals surface area contributed by atoms with Crippen molar-refractivity contribution in [2.45, 2.75) is 26.2 Å². The maximum Gasteiger partial charge on any atom is 0.347 e. The Bertz CT molecular complexity index is 1060. The number of rotatable bonds is 4. The van der Waals surface area contributed by atoms with Crippen molar-refractivity contribution in [3.8, 4) is 11.5 Å². The lowest BCUT2D eigenvalue weighted by Gasteiger charge is -2.26. The largest absolute Gasteiger partial charge is 0.457 e. The van der Waals surface area contributed by atoms with Crippen molar-refractivity contribution in [2.75, 3.05) is 0 Å². The summed E-state index contributed by atoms with van der Waals surface area (Å²) in [7, 11) is 0. The fourth-order valence-electron chi connectivity index (χ4n) is 3.34. The van der Waals surface area contributed by atoms with Crippen LogP contribution in [0.25, 0.3) is 0 Å². The molecule has 0 aliphatic carbocycles. The van der Waals surface area contributed by atoms with Crippen LogP contribution in [-0.4, -0.2) is 11.9 Å². The molecule has 0 bridgehead atoms. The number of benzene rings is 3. The van der Waals surface area contributed by atoms with Crippen LogP contribution in [-0.2, 0) is 10.2 Å². The smallest absolute Gasteiger partial charge is 0.347 e. The fourth-order valence-corrected chi connectivity index (χ4v) is 3.34. The summed E-state index contributed by atoms with van der Waals surface area (Å²) in [6.45, 7) is 6.46. The number of cyclic esters (lactones) is 2. The van der Waals surface area contributed by atoms with Crippen LogP contribution in [0.5, 0.6) is 11.5 Å². The molecule has 28 heavy (non-hydrogen) atoms. The molecule has 0 fully saturated rings. The number of hydrogen-bond acceptors (Lipinski definition) is 4. The van der Waals surface area contributed by atoms with E-state index in [-0.39, 0.29) is 16.5 Å². The average molecular weight is 372 g/mol. The van der Waals surface area contributed by atoms with E-state index >= 15 is 0 Å². The second-order valence-electron chi connectivity index (χ2n) is 7.50. The highest BCUT2D eigenvalue weighted by Gasteiger charge is 2.30. The van der Waals surface area contributed by atoms with Gasteiger partial charge >= 0.3 is 11.9 Å². The van der Waals surface area contributed by atoms with Gasteiger partial charge < -0.3 is 9.47 Å². The van der Waals surface area contributed by atoms with Gasteiger partial charge in [0.05, 0.1) is 11.1 Å². The molecule has 0 N–H and O–H groups in total. The Labute approximate surface area is 163 Å². The van der Waals surface area contributed by atoms with Crippen molar-refractivity contribution < 1.29 is 19.1 Å². The standard InChI is InChI=1S/C24H20O4/c1-15-4-6-16(7-5-15)24(2,3)17-8-10-18(11-9-17)27-19-12-13-20-21(14-19)23(26)28-22(20)25/h4-14H,1-3H3. The van der Waals surface area contributed by atoms with Crippen molar-refractivity contribution >= 4 is 11.9 Å². The van der Waals surface area contributed by atoms with E-state index in [1.54, 1.807) is 12.1 Å². The Kier molecular flexibility index (Phi) is 4.27. The molecule has 0 aromatic heterocycles. The molecule has 0 saturated carbocycles. The lowest BCUT2D eigenvalue weighted by molar-refractivity contribution is 0.0443. The van der Waals surface area contributed by atoms with Gasteiger partial charge in [-0.1, -0.05) is 55.8 Å². The summed E-state index contributed by atoms with van der Waals surface area (Å²) in [6, 6.07) is 21.2. The van der Waals surface area contributed by atoms with Crippen LogP contribution in [0.2, 0.25) is 0 Å². The molecule has 0 spiro atoms. The predicted octanol–water partition coefficient (Wildman–Crippen LogP) is 5.42. The SMILES string of the molecule is Cc1ccc(C(C)(C)c2ccc(Oc3ccc4c(c3)C(=O)OC4=O)cc2)cc1. The highest BCUT2D eigenvalue weighted by atomic mass is 16.6. The predicted molar refractivity (Wildman–Crippen MR) is 106 cm³/mol.